The zero-order chi connectivity index (χ0) is 14.9. The first-order valence-corrected chi connectivity index (χ1v) is 7.69. The molecule has 1 N–H and O–H groups in total. The zero-order valence-electron chi connectivity index (χ0n) is 12.3. The molecule has 0 amide bonds. The minimum atomic E-state index is 0.729. The van der Waals surface area contributed by atoms with Gasteiger partial charge < -0.3 is 9.88 Å². The Bertz CT molecular complexity index is 883. The number of benzene rings is 2. The van der Waals surface area contributed by atoms with Crippen molar-refractivity contribution in [1.29, 1.82) is 5.26 Å². The number of hydrogen-bond donors (Lipinski definition) is 1. The molecule has 1 aliphatic rings. The summed E-state index contributed by atoms with van der Waals surface area (Å²) in [6.45, 7) is 3.09. The molecule has 4 rings (SSSR count). The van der Waals surface area contributed by atoms with Crippen LogP contribution in [0.25, 0.3) is 22.0 Å². The van der Waals surface area contributed by atoms with Gasteiger partial charge in [0.05, 0.1) is 11.6 Å². The van der Waals surface area contributed by atoms with Crippen LogP contribution < -0.4 is 5.32 Å². The van der Waals surface area contributed by atoms with Crippen LogP contribution in [0.4, 0.5) is 0 Å². The molecule has 0 aliphatic carbocycles. The maximum absolute atomic E-state index is 9.30. The van der Waals surface area contributed by atoms with Gasteiger partial charge in [-0.05, 0) is 35.4 Å². The van der Waals surface area contributed by atoms with Gasteiger partial charge in [-0.1, -0.05) is 24.3 Å². The molecule has 0 atom stereocenters. The predicted octanol–water partition coefficient (Wildman–Crippen LogP) is 3.33. The second-order valence-electron chi connectivity index (χ2n) is 5.72. The smallest absolute Gasteiger partial charge is 0.0998 e. The van der Waals surface area contributed by atoms with Crippen LogP contribution in [0.5, 0.6) is 0 Å². The molecule has 3 nitrogen and oxygen atoms in total. The number of hydrogen-bond acceptors (Lipinski definition) is 2. The Morgan fingerprint density at radius 3 is 2.86 bits per heavy atom. The number of nitrogens with zero attached hydrogens (tertiary/aromatic N) is 2. The van der Waals surface area contributed by atoms with Gasteiger partial charge in [-0.2, -0.15) is 5.26 Å². The first-order valence-electron chi connectivity index (χ1n) is 7.69. The molecule has 3 heteroatoms. The maximum atomic E-state index is 9.30. The summed E-state index contributed by atoms with van der Waals surface area (Å²) in [5.74, 6) is 0. The highest BCUT2D eigenvalue weighted by Gasteiger charge is 2.12. The maximum Gasteiger partial charge on any atom is 0.0998 e. The van der Waals surface area contributed by atoms with E-state index in [1.54, 1.807) is 0 Å². The van der Waals surface area contributed by atoms with Crippen LogP contribution in [0.2, 0.25) is 0 Å². The molecule has 0 radical (unpaired) electrons. The van der Waals surface area contributed by atoms with E-state index in [2.05, 4.69) is 40.2 Å². The highest BCUT2D eigenvalue weighted by molar-refractivity contribution is 5.87. The van der Waals surface area contributed by atoms with Gasteiger partial charge in [0, 0.05) is 42.7 Å². The van der Waals surface area contributed by atoms with Crippen LogP contribution in [0.3, 0.4) is 0 Å². The molecule has 1 aromatic heterocycles. The molecule has 108 valence electrons. The molecule has 0 bridgehead atoms. The van der Waals surface area contributed by atoms with E-state index < -0.39 is 0 Å². The quantitative estimate of drug-likeness (QED) is 0.746. The van der Waals surface area contributed by atoms with Gasteiger partial charge in [0.1, 0.15) is 0 Å². The van der Waals surface area contributed by atoms with Gasteiger partial charge in [0.15, 0.2) is 0 Å². The lowest BCUT2D eigenvalue weighted by Crippen LogP contribution is -2.17. The van der Waals surface area contributed by atoms with E-state index in [1.165, 1.54) is 16.6 Å². The van der Waals surface area contributed by atoms with Crippen molar-refractivity contribution in [2.24, 2.45) is 0 Å². The van der Waals surface area contributed by atoms with Crippen LogP contribution in [0.15, 0.2) is 48.5 Å². The van der Waals surface area contributed by atoms with Crippen molar-refractivity contribution in [3.63, 3.8) is 0 Å². The van der Waals surface area contributed by atoms with Gasteiger partial charge in [-0.15, -0.1) is 0 Å². The fourth-order valence-corrected chi connectivity index (χ4v) is 3.33. The van der Waals surface area contributed by atoms with E-state index in [0.717, 1.165) is 42.7 Å². The fraction of sp³-hybridized carbons (Fsp3) is 0.211. The molecule has 3 aromatic rings. The van der Waals surface area contributed by atoms with Crippen LogP contribution in [-0.2, 0) is 13.0 Å². The highest BCUT2D eigenvalue weighted by Crippen LogP contribution is 2.29. The van der Waals surface area contributed by atoms with Crippen LogP contribution >= 0.6 is 0 Å². The molecular formula is C19H17N3. The molecule has 1 aliphatic heterocycles. The van der Waals surface area contributed by atoms with E-state index in [-0.39, 0.29) is 0 Å². The summed E-state index contributed by atoms with van der Waals surface area (Å²) in [5, 5.41) is 14.0. The van der Waals surface area contributed by atoms with Gasteiger partial charge in [0.25, 0.3) is 0 Å². The number of aromatic nitrogens is 1. The lowest BCUT2D eigenvalue weighted by molar-refractivity contribution is 0.658. The SMILES string of the molecule is N#Cc1ccccc1-c1ccc2c(c1)cc1n2CCNCC1. The topological polar surface area (TPSA) is 40.8 Å². The number of nitrogens with one attached hydrogen (secondary N) is 1. The largest absolute Gasteiger partial charge is 0.343 e. The van der Waals surface area contributed by atoms with E-state index >= 15 is 0 Å². The average molecular weight is 287 g/mol. The average Bonchev–Trinajstić information content (AvgIpc) is 2.75. The second-order valence-corrected chi connectivity index (χ2v) is 5.72. The second kappa shape index (κ2) is 5.32. The standard InChI is InChI=1S/C19H17N3/c20-13-15-3-1-2-4-18(15)14-5-6-19-16(11-14)12-17-7-8-21-9-10-22(17)19/h1-6,11-12,21H,7-10H2. The molecule has 0 unspecified atom stereocenters. The summed E-state index contributed by atoms with van der Waals surface area (Å²) in [4.78, 5) is 0. The van der Waals surface area contributed by atoms with Gasteiger partial charge in [-0.3, -0.25) is 0 Å². The molecule has 2 aromatic carbocycles. The third kappa shape index (κ3) is 2.09. The Hall–Kier alpha value is -2.57. The van der Waals surface area contributed by atoms with Crippen molar-refractivity contribution in [2.75, 3.05) is 13.1 Å². The van der Waals surface area contributed by atoms with Crippen molar-refractivity contribution in [1.82, 2.24) is 9.88 Å². The predicted molar refractivity (Wildman–Crippen MR) is 88.7 cm³/mol. The van der Waals surface area contributed by atoms with Crippen molar-refractivity contribution >= 4 is 10.9 Å². The number of fused-ring (bicyclic) bond motifs is 3. The molecular weight excluding hydrogens is 270 g/mol. The van der Waals surface area contributed by atoms with Crippen molar-refractivity contribution < 1.29 is 0 Å². The fourth-order valence-electron chi connectivity index (χ4n) is 3.33. The summed E-state index contributed by atoms with van der Waals surface area (Å²) < 4.78 is 2.41. The van der Waals surface area contributed by atoms with Crippen LogP contribution in [0, 0.1) is 11.3 Å². The summed E-state index contributed by atoms with van der Waals surface area (Å²) in [6.07, 6.45) is 1.07. The Morgan fingerprint density at radius 1 is 1.05 bits per heavy atom. The lowest BCUT2D eigenvalue weighted by atomic mass is 9.99. The summed E-state index contributed by atoms with van der Waals surface area (Å²) in [6, 6.07) is 18.9. The summed E-state index contributed by atoms with van der Waals surface area (Å²) >= 11 is 0. The van der Waals surface area contributed by atoms with E-state index in [0.29, 0.717) is 0 Å². The van der Waals surface area contributed by atoms with Gasteiger partial charge in [0.2, 0.25) is 0 Å². The first-order chi connectivity index (χ1) is 10.9. The molecule has 0 fully saturated rings. The van der Waals surface area contributed by atoms with Crippen LogP contribution in [0.1, 0.15) is 11.3 Å². The Balaban J connectivity index is 1.87. The van der Waals surface area contributed by atoms with Crippen LogP contribution in [-0.4, -0.2) is 17.7 Å². The number of nitriles is 1. The van der Waals surface area contributed by atoms with E-state index in [4.69, 9.17) is 0 Å². The molecule has 0 saturated heterocycles. The van der Waals surface area contributed by atoms with E-state index in [9.17, 15) is 5.26 Å². The normalized spacial score (nSPS) is 14.3. The Labute approximate surface area is 129 Å². The monoisotopic (exact) mass is 287 g/mol. The molecule has 22 heavy (non-hydrogen) atoms. The van der Waals surface area contributed by atoms with Gasteiger partial charge in [-0.25, -0.2) is 0 Å². The lowest BCUT2D eigenvalue weighted by Gasteiger charge is -2.07. The highest BCUT2D eigenvalue weighted by atomic mass is 15.0. The van der Waals surface area contributed by atoms with Crippen molar-refractivity contribution in [3.05, 3.63) is 59.8 Å². The van der Waals surface area contributed by atoms with Crippen molar-refractivity contribution in [3.8, 4) is 17.2 Å². The number of rotatable bonds is 1. The third-order valence-corrected chi connectivity index (χ3v) is 4.42. The van der Waals surface area contributed by atoms with E-state index in [1.807, 2.05) is 24.3 Å². The Morgan fingerprint density at radius 2 is 1.95 bits per heavy atom. The molecule has 0 saturated carbocycles. The van der Waals surface area contributed by atoms with Crippen molar-refractivity contribution in [2.45, 2.75) is 13.0 Å². The zero-order valence-corrected chi connectivity index (χ0v) is 12.3. The summed E-state index contributed by atoms with van der Waals surface area (Å²) in [7, 11) is 0. The summed E-state index contributed by atoms with van der Waals surface area (Å²) in [5.41, 5.74) is 5.54. The third-order valence-electron chi connectivity index (χ3n) is 4.42. The Kier molecular flexibility index (Phi) is 3.17. The minimum Gasteiger partial charge on any atom is -0.343 e. The molecule has 2 heterocycles. The minimum absolute atomic E-state index is 0.729. The van der Waals surface area contributed by atoms with Gasteiger partial charge >= 0.3 is 0 Å². The first kappa shape index (κ1) is 13.1. The molecule has 0 spiro atoms.